The van der Waals surface area contributed by atoms with Gasteiger partial charge < -0.3 is 9.47 Å². The molecule has 0 spiro atoms. The molecule has 3 atom stereocenters. The Kier molecular flexibility index (Phi) is 2.14. The summed E-state index contributed by atoms with van der Waals surface area (Å²) in [6.45, 7) is 8.91. The molecule has 17 heavy (non-hydrogen) atoms. The summed E-state index contributed by atoms with van der Waals surface area (Å²) in [5, 5.41) is 0. The third kappa shape index (κ3) is 1.27. The molecule has 0 aromatic rings. The van der Waals surface area contributed by atoms with E-state index in [1.807, 2.05) is 13.8 Å². The second kappa shape index (κ2) is 3.12. The van der Waals surface area contributed by atoms with Crippen molar-refractivity contribution in [3.63, 3.8) is 0 Å². The van der Waals surface area contributed by atoms with E-state index in [4.69, 9.17) is 9.47 Å². The van der Waals surface area contributed by atoms with Gasteiger partial charge in [-0.25, -0.2) is 0 Å². The molecule has 3 heteroatoms. The van der Waals surface area contributed by atoms with Gasteiger partial charge in [0.1, 0.15) is 5.78 Å². The van der Waals surface area contributed by atoms with Gasteiger partial charge in [0.25, 0.3) is 0 Å². The maximum atomic E-state index is 12.4. The second-order valence-corrected chi connectivity index (χ2v) is 6.87. The third-order valence-electron chi connectivity index (χ3n) is 5.54. The van der Waals surface area contributed by atoms with Crippen LogP contribution in [0.2, 0.25) is 0 Å². The largest absolute Gasteiger partial charge is 0.348 e. The summed E-state index contributed by atoms with van der Waals surface area (Å²) in [5.74, 6) is 0.420. The summed E-state index contributed by atoms with van der Waals surface area (Å²) < 4.78 is 11.7. The van der Waals surface area contributed by atoms with Gasteiger partial charge >= 0.3 is 0 Å². The number of carbonyl (C=O) groups is 1. The van der Waals surface area contributed by atoms with Crippen LogP contribution in [0.4, 0.5) is 0 Å². The number of fused-ring (bicyclic) bond motifs is 2. The van der Waals surface area contributed by atoms with E-state index in [9.17, 15) is 4.79 Å². The minimum Gasteiger partial charge on any atom is -0.348 e. The van der Waals surface area contributed by atoms with Crippen molar-refractivity contribution in [1.82, 2.24) is 0 Å². The first-order valence-electron chi connectivity index (χ1n) is 6.65. The molecule has 1 aliphatic heterocycles. The number of hydrogen-bond donors (Lipinski definition) is 0. The molecular formula is C14H22O3. The molecule has 3 nitrogen and oxygen atoms in total. The maximum Gasteiger partial charge on any atom is 0.163 e. The lowest BCUT2D eigenvalue weighted by molar-refractivity contribution is -0.168. The van der Waals surface area contributed by atoms with Gasteiger partial charge in [-0.05, 0) is 38.0 Å². The first-order chi connectivity index (χ1) is 7.80. The van der Waals surface area contributed by atoms with Gasteiger partial charge in [-0.15, -0.1) is 0 Å². The summed E-state index contributed by atoms with van der Waals surface area (Å²) in [5.41, 5.74) is -0.218. The minimum atomic E-state index is -0.531. The summed E-state index contributed by atoms with van der Waals surface area (Å²) in [6.07, 6.45) is 2.84. The van der Waals surface area contributed by atoms with Crippen molar-refractivity contribution in [1.29, 1.82) is 0 Å². The Morgan fingerprint density at radius 2 is 1.94 bits per heavy atom. The van der Waals surface area contributed by atoms with E-state index in [2.05, 4.69) is 13.8 Å². The lowest BCUT2D eigenvalue weighted by Crippen LogP contribution is -2.48. The molecule has 1 heterocycles. The van der Waals surface area contributed by atoms with Crippen LogP contribution in [0, 0.1) is 16.7 Å². The van der Waals surface area contributed by atoms with Crippen LogP contribution in [-0.2, 0) is 14.3 Å². The van der Waals surface area contributed by atoms with Crippen molar-refractivity contribution in [2.24, 2.45) is 16.7 Å². The molecule has 2 saturated carbocycles. The summed E-state index contributed by atoms with van der Waals surface area (Å²) >= 11 is 0. The van der Waals surface area contributed by atoms with Gasteiger partial charge in [-0.1, -0.05) is 13.8 Å². The quantitative estimate of drug-likeness (QED) is 0.704. The molecule has 0 N–H and O–H groups in total. The Bertz CT molecular complexity index is 372. The Morgan fingerprint density at radius 1 is 1.24 bits per heavy atom. The molecule has 3 rings (SSSR count). The van der Waals surface area contributed by atoms with Crippen LogP contribution in [0.15, 0.2) is 0 Å². The Balaban J connectivity index is 1.98. The van der Waals surface area contributed by atoms with Crippen LogP contribution in [-0.4, -0.2) is 24.3 Å². The van der Waals surface area contributed by atoms with E-state index in [1.54, 1.807) is 0 Å². The highest BCUT2D eigenvalue weighted by Crippen LogP contribution is 2.66. The van der Waals surface area contributed by atoms with E-state index in [0.717, 1.165) is 12.8 Å². The molecule has 0 aromatic carbocycles. The molecule has 0 aromatic heterocycles. The summed E-state index contributed by atoms with van der Waals surface area (Å²) in [4.78, 5) is 12.4. The zero-order valence-electron chi connectivity index (χ0n) is 11.2. The predicted octanol–water partition coefficient (Wildman–Crippen LogP) is 2.53. The van der Waals surface area contributed by atoms with Gasteiger partial charge in [0.15, 0.2) is 5.79 Å². The Morgan fingerprint density at radius 3 is 2.35 bits per heavy atom. The zero-order valence-corrected chi connectivity index (χ0v) is 11.2. The van der Waals surface area contributed by atoms with Crippen molar-refractivity contribution in [2.75, 3.05) is 6.61 Å². The average Bonchev–Trinajstić information content (AvgIpc) is 2.74. The van der Waals surface area contributed by atoms with E-state index >= 15 is 0 Å². The lowest BCUT2D eigenvalue weighted by atomic mass is 9.65. The Hall–Kier alpha value is -0.410. The number of carbonyl (C=O) groups excluding carboxylic acids is 1. The van der Waals surface area contributed by atoms with Gasteiger partial charge in [0.05, 0.1) is 18.1 Å². The second-order valence-electron chi connectivity index (χ2n) is 6.87. The standard InChI is InChI=1S/C14H22O3/c1-12(2)9-5-6-14(12,10(15)7-9)11-8-16-13(3,4)17-11/h9,11H,5-8H2,1-4H3. The number of rotatable bonds is 1. The molecule has 0 amide bonds. The van der Waals surface area contributed by atoms with Crippen molar-refractivity contribution in [3.8, 4) is 0 Å². The van der Waals surface area contributed by atoms with Gasteiger partial charge in [-0.2, -0.15) is 0 Å². The molecule has 0 radical (unpaired) electrons. The SMILES string of the molecule is CC1(C)OCC(C23CCC(CC2=O)C3(C)C)O1. The topological polar surface area (TPSA) is 35.5 Å². The molecule has 3 aliphatic rings. The van der Waals surface area contributed by atoms with Crippen LogP contribution in [0.1, 0.15) is 47.0 Å². The molecule has 1 saturated heterocycles. The lowest BCUT2D eigenvalue weighted by Gasteiger charge is -2.40. The monoisotopic (exact) mass is 238 g/mol. The van der Waals surface area contributed by atoms with Crippen molar-refractivity contribution in [3.05, 3.63) is 0 Å². The number of hydrogen-bond acceptors (Lipinski definition) is 3. The summed E-state index contributed by atoms with van der Waals surface area (Å²) in [7, 11) is 0. The number of Topliss-reactive ketones (excluding diaryl/α,β-unsaturated/α-hetero) is 1. The molecule has 3 fully saturated rings. The molecule has 2 bridgehead atoms. The summed E-state index contributed by atoms with van der Waals surface area (Å²) in [6, 6.07) is 0. The highest BCUT2D eigenvalue weighted by atomic mass is 16.7. The normalized spacial score (nSPS) is 46.7. The van der Waals surface area contributed by atoms with E-state index in [1.165, 1.54) is 6.42 Å². The Labute approximate surface area is 103 Å². The fourth-order valence-corrected chi connectivity index (χ4v) is 4.40. The average molecular weight is 238 g/mol. The molecule has 2 aliphatic carbocycles. The smallest absolute Gasteiger partial charge is 0.163 e. The van der Waals surface area contributed by atoms with Gasteiger partial charge in [-0.3, -0.25) is 4.79 Å². The van der Waals surface area contributed by atoms with Crippen LogP contribution < -0.4 is 0 Å². The maximum absolute atomic E-state index is 12.4. The highest BCUT2D eigenvalue weighted by molar-refractivity contribution is 5.90. The van der Waals surface area contributed by atoms with E-state index in [0.29, 0.717) is 18.3 Å². The van der Waals surface area contributed by atoms with E-state index < -0.39 is 5.79 Å². The number of ketones is 1. The van der Waals surface area contributed by atoms with Crippen molar-refractivity contribution in [2.45, 2.75) is 58.8 Å². The minimum absolute atomic E-state index is 0.0486. The predicted molar refractivity (Wildman–Crippen MR) is 63.5 cm³/mol. The first-order valence-corrected chi connectivity index (χ1v) is 6.65. The zero-order chi connectivity index (χ0) is 12.5. The van der Waals surface area contributed by atoms with Crippen molar-refractivity contribution >= 4 is 5.78 Å². The van der Waals surface area contributed by atoms with Crippen LogP contribution in [0.5, 0.6) is 0 Å². The van der Waals surface area contributed by atoms with Gasteiger partial charge in [0, 0.05) is 6.42 Å². The number of ether oxygens (including phenoxy) is 2. The third-order valence-corrected chi connectivity index (χ3v) is 5.54. The van der Waals surface area contributed by atoms with Crippen LogP contribution in [0.3, 0.4) is 0 Å². The molecule has 3 unspecified atom stereocenters. The first kappa shape index (κ1) is 11.7. The van der Waals surface area contributed by atoms with E-state index in [-0.39, 0.29) is 16.9 Å². The fourth-order valence-electron chi connectivity index (χ4n) is 4.40. The molecule has 96 valence electrons. The fraction of sp³-hybridized carbons (Fsp3) is 0.929. The van der Waals surface area contributed by atoms with Crippen LogP contribution in [0.25, 0.3) is 0 Å². The van der Waals surface area contributed by atoms with Crippen LogP contribution >= 0.6 is 0 Å². The van der Waals surface area contributed by atoms with Crippen molar-refractivity contribution < 1.29 is 14.3 Å². The molecular weight excluding hydrogens is 216 g/mol. The highest BCUT2D eigenvalue weighted by Gasteiger charge is 2.69. The van der Waals surface area contributed by atoms with Gasteiger partial charge in [0.2, 0.25) is 0 Å².